The summed E-state index contributed by atoms with van der Waals surface area (Å²) in [7, 11) is 3.61. The molecule has 0 saturated carbocycles. The van der Waals surface area contributed by atoms with Crippen LogP contribution in [0.1, 0.15) is 200 Å². The molecule has 0 aliphatic carbocycles. The molecule has 3 saturated heterocycles. The van der Waals surface area contributed by atoms with E-state index in [9.17, 15) is 45.5 Å². The molecular formula is C113H111F6N25O4. The van der Waals surface area contributed by atoms with Crippen molar-refractivity contribution in [3.05, 3.63) is 339 Å². The molecule has 0 spiro atoms. The number of carbonyl (C=O) groups excluding carboxylic acids is 3. The second kappa shape index (κ2) is 41.9. The zero-order chi connectivity index (χ0) is 103. The number of likely N-dealkylation sites (tertiary alicyclic amines) is 1. The number of halogens is 6. The molecule has 7 aliphatic rings. The van der Waals surface area contributed by atoms with Crippen molar-refractivity contribution < 1.29 is 40.7 Å². The number of allylic oxidation sites excluding steroid dienone is 1. The largest absolute Gasteiger partial charge is 0.434 e. The Labute approximate surface area is 851 Å². The van der Waals surface area contributed by atoms with E-state index < -0.39 is 23.7 Å². The fourth-order valence-electron chi connectivity index (χ4n) is 19.8. The number of aryl methyl sites for hydroxylation is 1. The zero-order valence-electron chi connectivity index (χ0n) is 83.6. The van der Waals surface area contributed by atoms with Crippen LogP contribution in [0.3, 0.4) is 0 Å². The Morgan fingerprint density at radius 1 is 0.432 bits per heavy atom. The van der Waals surface area contributed by atoms with Crippen LogP contribution >= 0.6 is 0 Å². The second-order valence-corrected chi connectivity index (χ2v) is 39.6. The third kappa shape index (κ3) is 20.9. The maximum Gasteiger partial charge on any atom is 0.434 e. The van der Waals surface area contributed by atoms with Crippen LogP contribution in [0, 0.1) is 0 Å². The first-order valence-electron chi connectivity index (χ1n) is 49.9. The fourth-order valence-corrected chi connectivity index (χ4v) is 19.8. The SMILES string of the molecule is CC(C)c1ccccc1-c1ncc2c(n1)N(Cc1ccc(C3=NC=CC3)cc1)C(=O)C2.CC(C)c1ccccc1-c1ncc2c(n1)n(Cc1ccc(-c3nc(C(F)(F)F)cn3C3CNC3)cc1)c(=O)n2C.CC(C)c1ncccc1-c1ncc2c(n1)N(Cc1ccc(-c3nc(C(F)(F)F)cn3C3CN(C)C3)cc1)C(=O)C2.CC(C)c1ncccc1-c1ncc2c(n1)N(Cc1ccc(-n3ccc(C4CCNCC4)n3)cc1)C(=O)C2. The molecule has 23 rings (SSSR count). The minimum atomic E-state index is -4.52. The first-order valence-corrected chi connectivity index (χ1v) is 49.9. The molecule has 35 heteroatoms. The third-order valence-corrected chi connectivity index (χ3v) is 27.9. The summed E-state index contributed by atoms with van der Waals surface area (Å²) in [6.45, 7) is 23.0. The Balaban J connectivity index is 0.000000120. The lowest BCUT2D eigenvalue weighted by Gasteiger charge is -2.37. The fraction of sp³-hybridized carbons (Fsp3) is 0.310. The van der Waals surface area contributed by atoms with Crippen molar-refractivity contribution >= 4 is 52.1 Å². The number of nitrogens with zero attached hydrogens (tertiary/aromatic N) is 23. The highest BCUT2D eigenvalue weighted by Crippen LogP contribution is 2.42. The monoisotopic (exact) mass is 2000 g/mol. The Kier molecular flexibility index (Phi) is 28.2. The van der Waals surface area contributed by atoms with Gasteiger partial charge in [-0.05, 0) is 138 Å². The molecule has 29 nitrogen and oxygen atoms in total. The number of amides is 3. The molecule has 0 atom stereocenters. The summed E-state index contributed by atoms with van der Waals surface area (Å²) in [4.78, 5) is 118. The number of pyridine rings is 2. The number of fused-ring (bicyclic) bond motifs is 4. The highest BCUT2D eigenvalue weighted by molar-refractivity contribution is 6.04. The number of hydrogen-bond acceptors (Lipinski definition) is 21. The van der Waals surface area contributed by atoms with Crippen LogP contribution in [-0.4, -0.2) is 163 Å². The van der Waals surface area contributed by atoms with Crippen molar-refractivity contribution in [2.75, 3.05) is 61.0 Å². The molecule has 16 aromatic rings. The van der Waals surface area contributed by atoms with E-state index in [0.717, 1.165) is 151 Å². The van der Waals surface area contributed by atoms with Crippen molar-refractivity contribution in [1.29, 1.82) is 0 Å². The van der Waals surface area contributed by atoms with Gasteiger partial charge in [0.15, 0.2) is 40.3 Å². The molecule has 754 valence electrons. The van der Waals surface area contributed by atoms with E-state index in [0.29, 0.717) is 121 Å². The summed E-state index contributed by atoms with van der Waals surface area (Å²) in [5.41, 5.74) is 18.7. The summed E-state index contributed by atoms with van der Waals surface area (Å²) >= 11 is 0. The number of likely N-dealkylation sites (N-methyl/N-ethyl adjacent to an activating group) is 1. The van der Waals surface area contributed by atoms with E-state index in [1.807, 2.05) is 108 Å². The van der Waals surface area contributed by atoms with Gasteiger partial charge in [0.05, 0.1) is 92.2 Å². The lowest BCUT2D eigenvalue weighted by molar-refractivity contribution is -0.141. The van der Waals surface area contributed by atoms with Gasteiger partial charge in [0, 0.05) is 151 Å². The van der Waals surface area contributed by atoms with Crippen molar-refractivity contribution in [2.45, 2.75) is 174 Å². The minimum Gasteiger partial charge on any atom is -0.325 e. The number of nitrogens with one attached hydrogen (secondary N) is 2. The number of hydrogen-bond donors (Lipinski definition) is 2. The van der Waals surface area contributed by atoms with E-state index >= 15 is 0 Å². The lowest BCUT2D eigenvalue weighted by Crippen LogP contribution is -2.44. The average Bonchev–Trinajstić information content (AvgIpc) is 1.64. The molecule has 0 unspecified atom stereocenters. The molecule has 0 bridgehead atoms. The molecule has 3 fully saturated rings. The van der Waals surface area contributed by atoms with Crippen LogP contribution in [0.4, 0.5) is 43.8 Å². The number of anilines is 3. The normalized spacial score (nSPS) is 15.3. The third-order valence-electron chi connectivity index (χ3n) is 27.9. The highest BCUT2D eigenvalue weighted by Gasteiger charge is 2.41. The van der Waals surface area contributed by atoms with Crippen LogP contribution in [0.15, 0.2) is 254 Å². The molecule has 148 heavy (non-hydrogen) atoms. The smallest absolute Gasteiger partial charge is 0.325 e. The molecule has 2 N–H and O–H groups in total. The van der Waals surface area contributed by atoms with E-state index in [2.05, 4.69) is 190 Å². The van der Waals surface area contributed by atoms with Gasteiger partial charge in [0.25, 0.3) is 0 Å². The van der Waals surface area contributed by atoms with Gasteiger partial charge in [-0.3, -0.25) is 53.2 Å². The number of carbonyl (C=O) groups is 3. The highest BCUT2D eigenvalue weighted by atomic mass is 19.4. The molecule has 17 heterocycles. The van der Waals surface area contributed by atoms with Gasteiger partial charge < -0.3 is 24.7 Å². The van der Waals surface area contributed by atoms with Crippen LogP contribution < -0.4 is 31.0 Å². The number of rotatable bonds is 23. The Hall–Kier alpha value is -15.9. The van der Waals surface area contributed by atoms with E-state index in [-0.39, 0.29) is 84.4 Å². The van der Waals surface area contributed by atoms with Crippen LogP contribution in [-0.2, 0) is 79.2 Å². The van der Waals surface area contributed by atoms with Crippen molar-refractivity contribution in [3.8, 4) is 74.0 Å². The van der Waals surface area contributed by atoms with Gasteiger partial charge in [-0.1, -0.05) is 195 Å². The summed E-state index contributed by atoms with van der Waals surface area (Å²) in [5, 5.41) is 11.3. The molecule has 10 aromatic heterocycles. The molecule has 3 amide bonds. The van der Waals surface area contributed by atoms with Gasteiger partial charge in [0.2, 0.25) is 17.7 Å². The minimum absolute atomic E-state index is 0.0412. The number of imidazole rings is 3. The first kappa shape index (κ1) is 99.5. The zero-order valence-corrected chi connectivity index (χ0v) is 83.6. The number of aliphatic imine (C=N–C) groups is 1. The number of benzene rings is 6. The number of piperidine rings is 1. The molecular weight excluding hydrogens is 1890 g/mol. The molecule has 7 aliphatic heterocycles. The predicted octanol–water partition coefficient (Wildman–Crippen LogP) is 19.6. The average molecular weight is 2000 g/mol. The van der Waals surface area contributed by atoms with Gasteiger partial charge in [-0.2, -0.15) is 31.4 Å². The molecule has 0 radical (unpaired) electrons. The number of aromatic nitrogens is 18. The van der Waals surface area contributed by atoms with E-state index in [4.69, 9.17) is 25.0 Å². The van der Waals surface area contributed by atoms with Gasteiger partial charge >= 0.3 is 18.0 Å². The maximum atomic E-state index is 13.5. The Morgan fingerprint density at radius 2 is 0.858 bits per heavy atom. The first-order chi connectivity index (χ1) is 71.4. The standard InChI is InChI=1S/2C29H28F3N7O.C29H31N7O.C26H24N4O/c1-17(2)25-22(5-4-10-33-25)26-34-12-20-11-24(40)39(28(20)36-26)13-18-6-8-19(9-7-18)27-35-23(29(30,31)32)16-38(27)21-14-37(3)15-21;1-17(2)21-6-4-5-7-22(21)25-34-14-23-27(36-25)39(28(40)37(23)3)15-18-8-10-19(11-9-18)26-35-24(29(30,31)32)16-38(26)20-12-33-13-20;1-19(2)27-24(4-3-12-31-27)28-32-17-22-16-26(37)35(29(22)33-28)18-20-5-7-23(8-6-20)36-15-11-25(34-36)21-9-13-30-14-10-21;1-17(2)21-6-3-4-7-22(21)25-28-15-20-14-24(31)30(26(20)29-25)16-18-9-11-19(12-10-18)23-8-5-13-27-23/h4-10,12,16-17,21H,11,13-15H2,1-3H3;4-11,14,16-17,20,33H,12-13,15H2,1-3H3;3-8,11-12,15,17,19,21,30H,9-10,13-14,16,18H2,1-2H3;3-7,9-13,15,17H,8,14,16H2,1-2H3. The number of alkyl halides is 6. The second-order valence-electron chi connectivity index (χ2n) is 39.6. The van der Waals surface area contributed by atoms with Gasteiger partial charge in [-0.25, -0.2) is 59.3 Å². The van der Waals surface area contributed by atoms with Crippen LogP contribution in [0.5, 0.6) is 0 Å². The molecule has 6 aromatic carbocycles. The van der Waals surface area contributed by atoms with Crippen molar-refractivity contribution in [1.82, 2.24) is 103 Å². The van der Waals surface area contributed by atoms with E-state index in [1.54, 1.807) is 96.9 Å². The van der Waals surface area contributed by atoms with Crippen LogP contribution in [0.25, 0.3) is 85.2 Å². The van der Waals surface area contributed by atoms with Crippen molar-refractivity contribution in [2.24, 2.45) is 12.0 Å². The lowest BCUT2D eigenvalue weighted by atomic mass is 9.95. The van der Waals surface area contributed by atoms with Crippen LogP contribution in [0.2, 0.25) is 0 Å². The Morgan fingerprint density at radius 3 is 1.29 bits per heavy atom. The summed E-state index contributed by atoms with van der Waals surface area (Å²) in [6.07, 6.45) is 13.6. The Bertz CT molecular complexity index is 7780. The van der Waals surface area contributed by atoms with Gasteiger partial charge in [0.1, 0.15) is 34.6 Å². The topological polar surface area (TPSA) is 310 Å². The quantitative estimate of drug-likeness (QED) is 0.0562. The van der Waals surface area contributed by atoms with Gasteiger partial charge in [-0.15, -0.1) is 0 Å². The summed E-state index contributed by atoms with van der Waals surface area (Å²) in [6, 6.07) is 56.6. The summed E-state index contributed by atoms with van der Waals surface area (Å²) in [5.74, 6) is 6.48. The van der Waals surface area contributed by atoms with Crippen molar-refractivity contribution in [3.63, 3.8) is 0 Å². The maximum absolute atomic E-state index is 13.5. The predicted molar refractivity (Wildman–Crippen MR) is 555 cm³/mol. The van der Waals surface area contributed by atoms with E-state index in [1.165, 1.54) is 10.1 Å². The summed E-state index contributed by atoms with van der Waals surface area (Å²) < 4.78 is 88.9.